The van der Waals surface area contributed by atoms with E-state index in [1.807, 2.05) is 30.3 Å². The van der Waals surface area contributed by atoms with E-state index in [0.717, 1.165) is 68.4 Å². The summed E-state index contributed by atoms with van der Waals surface area (Å²) in [4.78, 5) is 12.2. The van der Waals surface area contributed by atoms with E-state index < -0.39 is 0 Å². The molecular formula is C23H26N4O2. The second-order valence-electron chi connectivity index (χ2n) is 7.62. The van der Waals surface area contributed by atoms with Gasteiger partial charge in [-0.2, -0.15) is 0 Å². The second-order valence-corrected chi connectivity index (χ2v) is 7.62. The van der Waals surface area contributed by atoms with Crippen LogP contribution in [0, 0.1) is 0 Å². The van der Waals surface area contributed by atoms with Gasteiger partial charge < -0.3 is 19.7 Å². The topological polar surface area (TPSA) is 59.5 Å². The smallest absolute Gasteiger partial charge is 0.172 e. The number of morpholine rings is 1. The Balaban J connectivity index is 1.42. The van der Waals surface area contributed by atoms with Crippen LogP contribution in [0.15, 0.2) is 54.6 Å². The molecule has 0 spiro atoms. The van der Waals surface area contributed by atoms with E-state index in [1.165, 1.54) is 5.56 Å². The Hall–Kier alpha value is -2.70. The van der Waals surface area contributed by atoms with Crippen molar-refractivity contribution in [1.29, 1.82) is 0 Å². The van der Waals surface area contributed by atoms with Gasteiger partial charge in [0.25, 0.3) is 0 Å². The van der Waals surface area contributed by atoms with Gasteiger partial charge in [-0.15, -0.1) is 0 Å². The van der Waals surface area contributed by atoms with Gasteiger partial charge in [-0.1, -0.05) is 42.5 Å². The maximum atomic E-state index is 6.05. The Bertz CT molecular complexity index is 960. The van der Waals surface area contributed by atoms with Gasteiger partial charge >= 0.3 is 0 Å². The van der Waals surface area contributed by atoms with Gasteiger partial charge in [0.2, 0.25) is 0 Å². The van der Waals surface area contributed by atoms with Gasteiger partial charge in [0, 0.05) is 25.7 Å². The van der Waals surface area contributed by atoms with Crippen molar-refractivity contribution in [2.24, 2.45) is 0 Å². The van der Waals surface area contributed by atoms with Crippen molar-refractivity contribution in [2.75, 3.05) is 43.1 Å². The molecule has 3 aromatic rings. The number of anilines is 2. The number of rotatable bonds is 4. The van der Waals surface area contributed by atoms with Crippen LogP contribution in [0.25, 0.3) is 11.0 Å². The number of hydrogen-bond acceptors (Lipinski definition) is 6. The zero-order valence-electron chi connectivity index (χ0n) is 16.5. The summed E-state index contributed by atoms with van der Waals surface area (Å²) in [5.74, 6) is 1.79. The first-order chi connectivity index (χ1) is 14.4. The number of fused-ring (bicyclic) bond motifs is 1. The van der Waals surface area contributed by atoms with Gasteiger partial charge in [0.05, 0.1) is 30.4 Å². The van der Waals surface area contributed by atoms with Crippen LogP contribution in [0.3, 0.4) is 0 Å². The van der Waals surface area contributed by atoms with E-state index in [4.69, 9.17) is 19.4 Å². The Morgan fingerprint density at radius 2 is 1.59 bits per heavy atom. The molecule has 2 unspecified atom stereocenters. The van der Waals surface area contributed by atoms with E-state index >= 15 is 0 Å². The summed E-state index contributed by atoms with van der Waals surface area (Å²) in [6.45, 7) is 3.86. The highest BCUT2D eigenvalue weighted by atomic mass is 16.5. The first-order valence-electron chi connectivity index (χ1n) is 10.4. The molecule has 0 saturated carbocycles. The zero-order chi connectivity index (χ0) is 19.5. The molecule has 1 N–H and O–H groups in total. The number of ether oxygens (including phenoxy) is 2. The van der Waals surface area contributed by atoms with Crippen LogP contribution in [0.4, 0.5) is 11.6 Å². The Labute approximate surface area is 170 Å². The molecule has 0 bridgehead atoms. The van der Waals surface area contributed by atoms with Crippen molar-refractivity contribution in [3.63, 3.8) is 0 Å². The van der Waals surface area contributed by atoms with Crippen LogP contribution in [0.5, 0.6) is 0 Å². The molecule has 2 aliphatic rings. The fourth-order valence-corrected chi connectivity index (χ4v) is 4.10. The summed E-state index contributed by atoms with van der Waals surface area (Å²) in [7, 11) is 0. The highest BCUT2D eigenvalue weighted by molar-refractivity contribution is 5.80. The number of nitrogens with zero attached hydrogens (tertiary/aromatic N) is 3. The molecule has 3 heterocycles. The minimum atomic E-state index is 0.114. The van der Waals surface area contributed by atoms with Crippen molar-refractivity contribution in [2.45, 2.75) is 25.0 Å². The summed E-state index contributed by atoms with van der Waals surface area (Å²) < 4.78 is 11.6. The fourth-order valence-electron chi connectivity index (χ4n) is 4.10. The van der Waals surface area contributed by atoms with Crippen LogP contribution < -0.4 is 10.2 Å². The largest absolute Gasteiger partial charge is 0.378 e. The molecule has 6 heteroatoms. The van der Waals surface area contributed by atoms with Crippen LogP contribution in [0.1, 0.15) is 24.5 Å². The molecule has 0 amide bonds. The minimum absolute atomic E-state index is 0.114. The lowest BCUT2D eigenvalue weighted by Gasteiger charge is -2.33. The van der Waals surface area contributed by atoms with Gasteiger partial charge in [-0.05, 0) is 30.5 Å². The normalized spacial score (nSPS) is 22.6. The fraction of sp³-hybridized carbons (Fsp3) is 0.391. The lowest BCUT2D eigenvalue weighted by molar-refractivity contribution is 0.00975. The van der Waals surface area contributed by atoms with E-state index in [-0.39, 0.29) is 6.10 Å². The van der Waals surface area contributed by atoms with Gasteiger partial charge in [0.15, 0.2) is 11.6 Å². The van der Waals surface area contributed by atoms with Gasteiger partial charge in [-0.3, -0.25) is 0 Å². The molecule has 150 valence electrons. The predicted molar refractivity (Wildman–Crippen MR) is 114 cm³/mol. The van der Waals surface area contributed by atoms with Gasteiger partial charge in [-0.25, -0.2) is 9.97 Å². The number of aromatic nitrogens is 2. The van der Waals surface area contributed by atoms with Gasteiger partial charge in [0.1, 0.15) is 0 Å². The van der Waals surface area contributed by atoms with E-state index in [2.05, 4.69) is 34.5 Å². The van der Waals surface area contributed by atoms with E-state index in [0.29, 0.717) is 6.04 Å². The van der Waals surface area contributed by atoms with Crippen molar-refractivity contribution >= 4 is 22.7 Å². The van der Waals surface area contributed by atoms with Crippen LogP contribution in [-0.4, -0.2) is 48.9 Å². The predicted octanol–water partition coefficient (Wildman–Crippen LogP) is 3.80. The Kier molecular flexibility index (Phi) is 5.28. The standard InChI is InChI=1S/C23H26N4O2/c1-2-6-17(7-3-1)21-16-18(10-13-29-21)24-22-23(27-11-14-28-15-12-27)26-20-9-5-4-8-19(20)25-22/h1-9,18,21H,10-16H2,(H,24,25). The van der Waals surface area contributed by atoms with Crippen LogP contribution >= 0.6 is 0 Å². The van der Waals surface area contributed by atoms with E-state index in [9.17, 15) is 0 Å². The second kappa shape index (κ2) is 8.35. The average Bonchev–Trinajstić information content (AvgIpc) is 2.80. The summed E-state index contributed by atoms with van der Waals surface area (Å²) in [5, 5.41) is 3.70. The molecule has 29 heavy (non-hydrogen) atoms. The Morgan fingerprint density at radius 3 is 2.38 bits per heavy atom. The maximum Gasteiger partial charge on any atom is 0.172 e. The summed E-state index contributed by atoms with van der Waals surface area (Å²) in [5.41, 5.74) is 3.07. The summed E-state index contributed by atoms with van der Waals surface area (Å²) in [6.07, 6.45) is 1.99. The number of para-hydroxylation sites is 2. The lowest BCUT2D eigenvalue weighted by Crippen LogP contribution is -2.38. The van der Waals surface area contributed by atoms with Crippen molar-refractivity contribution < 1.29 is 9.47 Å². The highest BCUT2D eigenvalue weighted by Gasteiger charge is 2.26. The Morgan fingerprint density at radius 1 is 0.862 bits per heavy atom. The SMILES string of the molecule is c1ccc(C2CC(Nc3nc4ccccc4nc3N3CCOCC3)CCO2)cc1. The minimum Gasteiger partial charge on any atom is -0.378 e. The number of hydrogen-bond donors (Lipinski definition) is 1. The third kappa shape index (κ3) is 4.04. The summed E-state index contributed by atoms with van der Waals surface area (Å²) in [6, 6.07) is 18.8. The molecule has 2 saturated heterocycles. The molecule has 0 aliphatic carbocycles. The summed E-state index contributed by atoms with van der Waals surface area (Å²) >= 11 is 0. The molecule has 0 radical (unpaired) electrons. The molecular weight excluding hydrogens is 364 g/mol. The van der Waals surface area contributed by atoms with Crippen molar-refractivity contribution in [3.8, 4) is 0 Å². The van der Waals surface area contributed by atoms with Crippen molar-refractivity contribution in [3.05, 3.63) is 60.2 Å². The molecule has 1 aromatic heterocycles. The highest BCUT2D eigenvalue weighted by Crippen LogP contribution is 2.32. The number of nitrogens with one attached hydrogen (secondary N) is 1. The molecule has 5 rings (SSSR count). The molecule has 6 nitrogen and oxygen atoms in total. The number of benzene rings is 2. The molecule has 2 fully saturated rings. The maximum absolute atomic E-state index is 6.05. The molecule has 2 aromatic carbocycles. The average molecular weight is 390 g/mol. The first-order valence-corrected chi connectivity index (χ1v) is 10.4. The third-order valence-electron chi connectivity index (χ3n) is 5.66. The lowest BCUT2D eigenvalue weighted by atomic mass is 9.97. The quantitative estimate of drug-likeness (QED) is 0.731. The monoisotopic (exact) mass is 390 g/mol. The van der Waals surface area contributed by atoms with Crippen LogP contribution in [-0.2, 0) is 9.47 Å². The van der Waals surface area contributed by atoms with E-state index in [1.54, 1.807) is 0 Å². The third-order valence-corrected chi connectivity index (χ3v) is 5.66. The molecule has 2 aliphatic heterocycles. The van der Waals surface area contributed by atoms with Crippen molar-refractivity contribution in [1.82, 2.24) is 9.97 Å². The van der Waals surface area contributed by atoms with Crippen LogP contribution in [0.2, 0.25) is 0 Å². The first kappa shape index (κ1) is 18.3. The molecule has 2 atom stereocenters. The zero-order valence-corrected chi connectivity index (χ0v) is 16.5.